The van der Waals surface area contributed by atoms with Crippen molar-refractivity contribution in [3.05, 3.63) is 63.5 Å². The van der Waals surface area contributed by atoms with Gasteiger partial charge in [-0.1, -0.05) is 6.07 Å². The summed E-state index contributed by atoms with van der Waals surface area (Å²) in [5.74, 6) is 0.514. The molecule has 0 radical (unpaired) electrons. The molecule has 1 fully saturated rings. The van der Waals surface area contributed by atoms with Gasteiger partial charge in [-0.3, -0.25) is 9.59 Å². The van der Waals surface area contributed by atoms with Crippen LogP contribution in [-0.4, -0.2) is 18.9 Å². The van der Waals surface area contributed by atoms with Gasteiger partial charge in [0.2, 0.25) is 11.8 Å². The summed E-state index contributed by atoms with van der Waals surface area (Å²) < 4.78 is 10.6. The molecule has 166 valence electrons. The van der Waals surface area contributed by atoms with Crippen LogP contribution < -0.4 is 21.0 Å². The van der Waals surface area contributed by atoms with Gasteiger partial charge < -0.3 is 19.8 Å². The third kappa shape index (κ3) is 4.66. The maximum atomic E-state index is 12.6. The van der Waals surface area contributed by atoms with Gasteiger partial charge in [0.25, 0.3) is 0 Å². The Morgan fingerprint density at radius 3 is 2.59 bits per heavy atom. The summed E-state index contributed by atoms with van der Waals surface area (Å²) >= 11 is 0. The monoisotopic (exact) mass is 434 g/mol. The summed E-state index contributed by atoms with van der Waals surface area (Å²) in [7, 11) is 1.55. The maximum absolute atomic E-state index is 12.6. The smallest absolute Gasteiger partial charge is 0.339 e. The number of ether oxygens (including phenoxy) is 1. The highest BCUT2D eigenvalue weighted by molar-refractivity contribution is 5.96. The van der Waals surface area contributed by atoms with Gasteiger partial charge in [0.05, 0.1) is 7.11 Å². The molecular weight excluding hydrogens is 408 g/mol. The number of aryl methyl sites for hydroxylation is 2. The fourth-order valence-corrected chi connectivity index (χ4v) is 3.67. The van der Waals surface area contributed by atoms with Gasteiger partial charge in [0, 0.05) is 40.7 Å². The Bertz CT molecular complexity index is 1260. The van der Waals surface area contributed by atoms with Crippen molar-refractivity contribution in [1.29, 1.82) is 0 Å². The fraction of sp³-hybridized carbons (Fsp3) is 0.320. The van der Waals surface area contributed by atoms with Crippen molar-refractivity contribution in [2.75, 3.05) is 17.7 Å². The van der Waals surface area contributed by atoms with E-state index in [1.165, 1.54) is 0 Å². The van der Waals surface area contributed by atoms with E-state index in [-0.39, 0.29) is 30.6 Å². The van der Waals surface area contributed by atoms with E-state index in [0.717, 1.165) is 29.4 Å². The zero-order valence-corrected chi connectivity index (χ0v) is 18.4. The van der Waals surface area contributed by atoms with Crippen molar-refractivity contribution in [3.63, 3.8) is 0 Å². The van der Waals surface area contributed by atoms with E-state index in [1.807, 2.05) is 38.1 Å². The van der Waals surface area contributed by atoms with Crippen molar-refractivity contribution in [2.45, 2.75) is 39.5 Å². The van der Waals surface area contributed by atoms with Gasteiger partial charge in [-0.2, -0.15) is 0 Å². The molecule has 7 heteroatoms. The average molecular weight is 434 g/mol. The molecule has 0 bridgehead atoms. The second kappa shape index (κ2) is 8.86. The molecule has 3 aromatic rings. The zero-order chi connectivity index (χ0) is 22.8. The van der Waals surface area contributed by atoms with Crippen LogP contribution in [-0.2, 0) is 16.0 Å². The summed E-state index contributed by atoms with van der Waals surface area (Å²) in [4.78, 5) is 37.1. The number of amides is 2. The van der Waals surface area contributed by atoms with Gasteiger partial charge in [-0.15, -0.1) is 0 Å². The molecule has 1 aliphatic rings. The molecular formula is C25H26N2O5. The number of nitrogens with one attached hydrogen (secondary N) is 2. The zero-order valence-electron chi connectivity index (χ0n) is 18.4. The summed E-state index contributed by atoms with van der Waals surface area (Å²) in [6, 6.07) is 10.8. The molecule has 2 amide bonds. The van der Waals surface area contributed by atoms with Crippen molar-refractivity contribution < 1.29 is 18.7 Å². The van der Waals surface area contributed by atoms with Gasteiger partial charge in [-0.25, -0.2) is 4.79 Å². The summed E-state index contributed by atoms with van der Waals surface area (Å²) in [5.41, 5.74) is 3.48. The van der Waals surface area contributed by atoms with E-state index >= 15 is 0 Å². The molecule has 0 saturated heterocycles. The van der Waals surface area contributed by atoms with Crippen molar-refractivity contribution in [1.82, 2.24) is 0 Å². The number of fused-ring (bicyclic) bond motifs is 1. The molecule has 1 heterocycles. The minimum atomic E-state index is -0.447. The van der Waals surface area contributed by atoms with E-state index in [2.05, 4.69) is 10.6 Å². The van der Waals surface area contributed by atoms with Gasteiger partial charge >= 0.3 is 5.63 Å². The van der Waals surface area contributed by atoms with Crippen LogP contribution in [0.1, 0.15) is 36.0 Å². The number of hydrogen-bond acceptors (Lipinski definition) is 5. The highest BCUT2D eigenvalue weighted by Crippen LogP contribution is 2.31. The summed E-state index contributed by atoms with van der Waals surface area (Å²) in [6.07, 6.45) is 2.25. The normalized spacial score (nSPS) is 13.1. The third-order valence-corrected chi connectivity index (χ3v) is 5.82. The van der Waals surface area contributed by atoms with Crippen LogP contribution in [0.15, 0.2) is 45.6 Å². The predicted octanol–water partition coefficient (Wildman–Crippen LogP) is 4.34. The first-order chi connectivity index (χ1) is 15.4. The van der Waals surface area contributed by atoms with Crippen LogP contribution in [0.25, 0.3) is 11.0 Å². The minimum Gasteiger partial charge on any atom is -0.497 e. The van der Waals surface area contributed by atoms with E-state index in [9.17, 15) is 14.4 Å². The lowest BCUT2D eigenvalue weighted by molar-refractivity contribution is -0.117. The number of hydrogen-bond donors (Lipinski definition) is 2. The lowest BCUT2D eigenvalue weighted by atomic mass is 10.0. The Hall–Kier alpha value is -3.61. The second-order valence-electron chi connectivity index (χ2n) is 8.20. The SMILES string of the molecule is COc1ccc2c(C)c(CCC(=O)Nc3cc(NC(=O)C4CC4)ccc3C)c(=O)oc2c1. The van der Waals surface area contributed by atoms with Crippen LogP contribution in [0.4, 0.5) is 11.4 Å². The number of methoxy groups -OCH3 is 1. The van der Waals surface area contributed by atoms with Crippen LogP contribution >= 0.6 is 0 Å². The molecule has 7 nitrogen and oxygen atoms in total. The topological polar surface area (TPSA) is 97.6 Å². The highest BCUT2D eigenvalue weighted by atomic mass is 16.5. The van der Waals surface area contributed by atoms with Crippen LogP contribution in [0.2, 0.25) is 0 Å². The van der Waals surface area contributed by atoms with Gasteiger partial charge in [0.15, 0.2) is 0 Å². The van der Waals surface area contributed by atoms with E-state index in [0.29, 0.717) is 28.3 Å². The first kappa shape index (κ1) is 21.6. The molecule has 4 rings (SSSR count). The third-order valence-electron chi connectivity index (χ3n) is 5.82. The van der Waals surface area contributed by atoms with Crippen molar-refractivity contribution in [2.24, 2.45) is 5.92 Å². The number of carbonyl (C=O) groups excluding carboxylic acids is 2. The summed E-state index contributed by atoms with van der Waals surface area (Å²) in [5, 5.41) is 6.60. The molecule has 2 N–H and O–H groups in total. The van der Waals surface area contributed by atoms with E-state index in [1.54, 1.807) is 19.2 Å². The Kier molecular flexibility index (Phi) is 5.99. The molecule has 1 saturated carbocycles. The molecule has 2 aromatic carbocycles. The molecule has 1 aliphatic carbocycles. The number of anilines is 2. The highest BCUT2D eigenvalue weighted by Gasteiger charge is 2.29. The van der Waals surface area contributed by atoms with Crippen LogP contribution in [0.5, 0.6) is 5.75 Å². The van der Waals surface area contributed by atoms with Gasteiger partial charge in [-0.05, 0) is 68.5 Å². The van der Waals surface area contributed by atoms with E-state index in [4.69, 9.17) is 9.15 Å². The fourth-order valence-electron chi connectivity index (χ4n) is 3.67. The molecule has 0 atom stereocenters. The Balaban J connectivity index is 1.45. The Morgan fingerprint density at radius 2 is 1.88 bits per heavy atom. The quantitative estimate of drug-likeness (QED) is 0.539. The largest absolute Gasteiger partial charge is 0.497 e. The second-order valence-corrected chi connectivity index (χ2v) is 8.20. The lowest BCUT2D eigenvalue weighted by Gasteiger charge is -2.12. The molecule has 32 heavy (non-hydrogen) atoms. The lowest BCUT2D eigenvalue weighted by Crippen LogP contribution is -2.17. The first-order valence-electron chi connectivity index (χ1n) is 10.7. The minimum absolute atomic E-state index is 0.0160. The first-order valence-corrected chi connectivity index (χ1v) is 10.7. The van der Waals surface area contributed by atoms with Crippen LogP contribution in [0.3, 0.4) is 0 Å². The molecule has 1 aromatic heterocycles. The van der Waals surface area contributed by atoms with Crippen molar-refractivity contribution >= 4 is 34.2 Å². The Labute approximate surface area is 185 Å². The van der Waals surface area contributed by atoms with Crippen LogP contribution in [0, 0.1) is 19.8 Å². The molecule has 0 aliphatic heterocycles. The number of rotatable bonds is 7. The van der Waals surface area contributed by atoms with Crippen molar-refractivity contribution in [3.8, 4) is 5.75 Å². The van der Waals surface area contributed by atoms with Gasteiger partial charge in [0.1, 0.15) is 11.3 Å². The standard InChI is InChI=1S/C25H26N2O5/c1-14-4-7-17(26-24(29)16-5-6-16)12-21(14)27-23(28)11-10-20-15(2)19-9-8-18(31-3)13-22(19)32-25(20)30/h4,7-9,12-13,16H,5-6,10-11H2,1-3H3,(H,26,29)(H,27,28). The number of benzene rings is 2. The summed E-state index contributed by atoms with van der Waals surface area (Å²) in [6.45, 7) is 3.74. The molecule has 0 spiro atoms. The molecule has 0 unspecified atom stereocenters. The maximum Gasteiger partial charge on any atom is 0.339 e. The van der Waals surface area contributed by atoms with E-state index < -0.39 is 5.63 Å². The average Bonchev–Trinajstić information content (AvgIpc) is 3.61. The number of carbonyl (C=O) groups is 2. The predicted molar refractivity (Wildman–Crippen MR) is 123 cm³/mol. The Morgan fingerprint density at radius 1 is 1.09 bits per heavy atom.